The molecule has 28 heavy (non-hydrogen) atoms. The minimum absolute atomic E-state index is 0.0417. The van der Waals surface area contributed by atoms with Crippen LogP contribution in [0.4, 0.5) is 32.4 Å². The fraction of sp³-hybridized carbons (Fsp3) is 0.316. The molecule has 0 bridgehead atoms. The Labute approximate surface area is 158 Å². The van der Waals surface area contributed by atoms with Crippen molar-refractivity contribution in [2.75, 3.05) is 5.32 Å². The predicted molar refractivity (Wildman–Crippen MR) is 92.4 cm³/mol. The van der Waals surface area contributed by atoms with Gasteiger partial charge in [0.2, 0.25) is 0 Å². The molecule has 0 fully saturated rings. The highest BCUT2D eigenvalue weighted by Gasteiger charge is 2.31. The number of carbonyl (C=O) groups excluding carboxylic acids is 1. The molecule has 0 saturated heterocycles. The number of ether oxygens (including phenoxy) is 2. The fourth-order valence-corrected chi connectivity index (χ4v) is 2.48. The second-order valence-electron chi connectivity index (χ2n) is 5.90. The second-order valence-corrected chi connectivity index (χ2v) is 5.90. The summed E-state index contributed by atoms with van der Waals surface area (Å²) in [7, 11) is 0. The van der Waals surface area contributed by atoms with E-state index in [4.69, 9.17) is 4.74 Å². The number of rotatable bonds is 6. The van der Waals surface area contributed by atoms with Crippen LogP contribution in [0, 0.1) is 6.92 Å². The average molecular weight is 403 g/mol. The molecule has 1 amide bonds. The first-order chi connectivity index (χ1) is 13.1. The third kappa shape index (κ3) is 5.83. The first kappa shape index (κ1) is 21.5. The van der Waals surface area contributed by atoms with Gasteiger partial charge in [-0.1, -0.05) is 19.1 Å². The molecule has 0 unspecified atom stereocenters. The van der Waals surface area contributed by atoms with Gasteiger partial charge >= 0.3 is 18.9 Å². The summed E-state index contributed by atoms with van der Waals surface area (Å²) >= 11 is 0. The Morgan fingerprint density at radius 2 is 1.86 bits per heavy atom. The van der Waals surface area contributed by atoms with Crippen molar-refractivity contribution in [1.82, 2.24) is 0 Å². The molecule has 0 spiro atoms. The number of amides is 1. The maximum atomic E-state index is 13.0. The molecule has 9 heteroatoms. The molecule has 2 rings (SSSR count). The summed E-state index contributed by atoms with van der Waals surface area (Å²) in [5.41, 5.74) is 0.734. The minimum atomic E-state index is -4.62. The van der Waals surface area contributed by atoms with E-state index in [-0.39, 0.29) is 17.9 Å². The highest BCUT2D eigenvalue weighted by molar-refractivity contribution is 5.85. The minimum Gasteiger partial charge on any atom is -0.489 e. The molecule has 0 aliphatic rings. The number of aryl methyl sites for hydroxylation is 2. The Hall–Kier alpha value is -2.84. The van der Waals surface area contributed by atoms with Crippen molar-refractivity contribution in [3.05, 3.63) is 58.7 Å². The van der Waals surface area contributed by atoms with E-state index in [2.05, 4.69) is 4.74 Å². The van der Waals surface area contributed by atoms with Crippen LogP contribution >= 0.6 is 0 Å². The molecule has 2 aromatic carbocycles. The normalized spacial score (nSPS) is 11.4. The van der Waals surface area contributed by atoms with Crippen molar-refractivity contribution in [3.63, 3.8) is 0 Å². The first-order valence-electron chi connectivity index (χ1n) is 8.28. The zero-order valence-corrected chi connectivity index (χ0v) is 15.1. The monoisotopic (exact) mass is 403 g/mol. The van der Waals surface area contributed by atoms with Gasteiger partial charge in [-0.05, 0) is 48.7 Å². The number of halogens is 5. The van der Waals surface area contributed by atoms with E-state index in [0.717, 1.165) is 35.7 Å². The largest absolute Gasteiger partial charge is 0.489 e. The smallest absolute Gasteiger partial charge is 0.416 e. The Bertz CT molecular complexity index is 837. The van der Waals surface area contributed by atoms with Crippen LogP contribution in [-0.4, -0.2) is 12.7 Å². The van der Waals surface area contributed by atoms with Crippen molar-refractivity contribution in [3.8, 4) is 5.75 Å². The Morgan fingerprint density at radius 1 is 1.14 bits per heavy atom. The summed E-state index contributed by atoms with van der Waals surface area (Å²) in [6.07, 6.45) is -5.29. The summed E-state index contributed by atoms with van der Waals surface area (Å²) in [6.45, 7) is 0.100. The SMILES string of the molecule is CCc1ccc(OCc2cc(C(F)(F)F)ccc2NC(=O)OC(F)F)c(C)c1. The summed E-state index contributed by atoms with van der Waals surface area (Å²) in [5, 5.41) is 2.00. The summed E-state index contributed by atoms with van der Waals surface area (Å²) < 4.78 is 72.5. The number of anilines is 1. The van der Waals surface area contributed by atoms with E-state index in [0.29, 0.717) is 5.75 Å². The Morgan fingerprint density at radius 3 is 2.43 bits per heavy atom. The van der Waals surface area contributed by atoms with Gasteiger partial charge < -0.3 is 9.47 Å². The number of hydrogen-bond acceptors (Lipinski definition) is 3. The van der Waals surface area contributed by atoms with Crippen LogP contribution in [0.25, 0.3) is 0 Å². The average Bonchev–Trinajstić information content (AvgIpc) is 2.59. The number of benzene rings is 2. The molecule has 0 radical (unpaired) electrons. The fourth-order valence-electron chi connectivity index (χ4n) is 2.48. The molecule has 152 valence electrons. The molecular formula is C19H18F5NO3. The summed E-state index contributed by atoms with van der Waals surface area (Å²) in [6, 6.07) is 7.88. The van der Waals surface area contributed by atoms with E-state index < -0.39 is 24.4 Å². The van der Waals surface area contributed by atoms with Gasteiger partial charge in [-0.15, -0.1) is 0 Å². The topological polar surface area (TPSA) is 47.6 Å². The molecule has 0 saturated carbocycles. The van der Waals surface area contributed by atoms with Crippen molar-refractivity contribution >= 4 is 11.8 Å². The van der Waals surface area contributed by atoms with Crippen LogP contribution in [0.2, 0.25) is 0 Å². The van der Waals surface area contributed by atoms with Crippen LogP contribution in [0.15, 0.2) is 36.4 Å². The molecule has 0 heterocycles. The predicted octanol–water partition coefficient (Wildman–Crippen LogP) is 5.93. The van der Waals surface area contributed by atoms with Crippen LogP contribution in [-0.2, 0) is 23.9 Å². The van der Waals surface area contributed by atoms with E-state index >= 15 is 0 Å². The van der Waals surface area contributed by atoms with Crippen molar-refractivity contribution in [1.29, 1.82) is 0 Å². The first-order valence-corrected chi connectivity index (χ1v) is 8.28. The van der Waals surface area contributed by atoms with E-state index in [1.165, 1.54) is 0 Å². The molecule has 4 nitrogen and oxygen atoms in total. The molecule has 1 N–H and O–H groups in total. The lowest BCUT2D eigenvalue weighted by molar-refractivity contribution is -0.137. The molecule has 0 aliphatic heterocycles. The summed E-state index contributed by atoms with van der Waals surface area (Å²) in [4.78, 5) is 11.4. The molecule has 0 aliphatic carbocycles. The van der Waals surface area contributed by atoms with Gasteiger partial charge in [0, 0.05) is 5.56 Å². The lowest BCUT2D eigenvalue weighted by atomic mass is 10.1. The molecule has 0 atom stereocenters. The van der Waals surface area contributed by atoms with Crippen LogP contribution in [0.3, 0.4) is 0 Å². The van der Waals surface area contributed by atoms with Gasteiger partial charge in [0.25, 0.3) is 0 Å². The van der Waals surface area contributed by atoms with Gasteiger partial charge in [0.15, 0.2) is 0 Å². The quantitative estimate of drug-likeness (QED) is 0.609. The lowest BCUT2D eigenvalue weighted by Crippen LogP contribution is -2.18. The maximum Gasteiger partial charge on any atom is 0.416 e. The second kappa shape index (κ2) is 8.90. The standard InChI is InChI=1S/C19H18F5NO3/c1-3-12-4-7-16(11(2)8-12)27-10-13-9-14(19(22,23)24)5-6-15(13)25-18(26)28-17(20)21/h4-9,17H,3,10H2,1-2H3,(H,25,26). The van der Waals surface area contributed by atoms with E-state index in [1.807, 2.05) is 24.4 Å². The summed E-state index contributed by atoms with van der Waals surface area (Å²) in [5.74, 6) is 0.454. The maximum absolute atomic E-state index is 13.0. The number of nitrogens with one attached hydrogen (secondary N) is 1. The number of carbonyl (C=O) groups is 1. The molecule has 2 aromatic rings. The lowest BCUT2D eigenvalue weighted by Gasteiger charge is -2.16. The van der Waals surface area contributed by atoms with E-state index in [9.17, 15) is 26.7 Å². The molecule has 0 aromatic heterocycles. The van der Waals surface area contributed by atoms with Gasteiger partial charge in [0.05, 0.1) is 11.3 Å². The van der Waals surface area contributed by atoms with Gasteiger partial charge in [0.1, 0.15) is 12.4 Å². The number of hydrogen-bond donors (Lipinski definition) is 1. The van der Waals surface area contributed by atoms with Crippen LogP contribution in [0.1, 0.15) is 29.2 Å². The Balaban J connectivity index is 2.26. The van der Waals surface area contributed by atoms with Crippen molar-refractivity contribution in [2.45, 2.75) is 39.7 Å². The van der Waals surface area contributed by atoms with Gasteiger partial charge in [-0.3, -0.25) is 5.32 Å². The third-order valence-corrected chi connectivity index (χ3v) is 3.90. The zero-order chi connectivity index (χ0) is 20.9. The highest BCUT2D eigenvalue weighted by Crippen LogP contribution is 2.32. The molecular weight excluding hydrogens is 385 g/mol. The highest BCUT2D eigenvalue weighted by atomic mass is 19.4. The zero-order valence-electron chi connectivity index (χ0n) is 15.1. The van der Waals surface area contributed by atoms with Crippen molar-refractivity contribution in [2.24, 2.45) is 0 Å². The number of alkyl halides is 5. The van der Waals surface area contributed by atoms with Gasteiger partial charge in [-0.2, -0.15) is 22.0 Å². The van der Waals surface area contributed by atoms with Crippen LogP contribution in [0.5, 0.6) is 5.75 Å². The van der Waals surface area contributed by atoms with Crippen molar-refractivity contribution < 1.29 is 36.2 Å². The van der Waals surface area contributed by atoms with E-state index in [1.54, 1.807) is 13.0 Å². The van der Waals surface area contributed by atoms with Crippen LogP contribution < -0.4 is 10.1 Å². The Kier molecular flexibility index (Phi) is 6.82. The third-order valence-electron chi connectivity index (χ3n) is 3.90. The van der Waals surface area contributed by atoms with Gasteiger partial charge in [-0.25, -0.2) is 4.79 Å².